The van der Waals surface area contributed by atoms with E-state index in [2.05, 4.69) is 28.6 Å². The monoisotopic (exact) mass is 361 g/mol. The molecule has 6 heteroatoms. The van der Waals surface area contributed by atoms with Gasteiger partial charge in [0.1, 0.15) is 4.88 Å². The molecule has 0 aliphatic heterocycles. The van der Waals surface area contributed by atoms with E-state index in [0.717, 1.165) is 29.4 Å². The first kappa shape index (κ1) is 19.4. The number of rotatable bonds is 9. The van der Waals surface area contributed by atoms with E-state index in [9.17, 15) is 4.79 Å². The highest BCUT2D eigenvalue weighted by Gasteiger charge is 2.15. The van der Waals surface area contributed by atoms with E-state index in [1.165, 1.54) is 16.9 Å². The maximum atomic E-state index is 12.3. The number of para-hydroxylation sites is 1. The minimum atomic E-state index is -0.0728. The van der Waals surface area contributed by atoms with Gasteiger partial charge in [0.05, 0.1) is 11.8 Å². The number of amides is 1. The fourth-order valence-electron chi connectivity index (χ4n) is 2.40. The molecule has 0 saturated heterocycles. The molecule has 1 aromatic carbocycles. The third-order valence-corrected chi connectivity index (χ3v) is 4.77. The van der Waals surface area contributed by atoms with E-state index in [-0.39, 0.29) is 12.0 Å². The molecule has 1 heterocycles. The second-order valence-corrected chi connectivity index (χ2v) is 7.10. The molecule has 25 heavy (non-hydrogen) atoms. The van der Waals surface area contributed by atoms with Crippen LogP contribution in [0.1, 0.15) is 48.1 Å². The molecule has 0 radical (unpaired) electrons. The molecule has 0 saturated carbocycles. The molecule has 0 aliphatic carbocycles. The molecule has 0 fully saturated rings. The van der Waals surface area contributed by atoms with Crippen molar-refractivity contribution in [2.75, 3.05) is 18.5 Å². The third-order valence-electron chi connectivity index (χ3n) is 3.70. The molecule has 0 atom stereocenters. The van der Waals surface area contributed by atoms with E-state index >= 15 is 0 Å². The number of anilines is 2. The van der Waals surface area contributed by atoms with Crippen molar-refractivity contribution >= 4 is 28.1 Å². The minimum absolute atomic E-state index is 0.0728. The van der Waals surface area contributed by atoms with Crippen molar-refractivity contribution in [3.63, 3.8) is 0 Å². The topological polar surface area (TPSA) is 63.2 Å². The Labute approximate surface area is 153 Å². The first-order valence-electron chi connectivity index (χ1n) is 8.73. The molecule has 0 spiro atoms. The molecule has 136 valence electrons. The van der Waals surface area contributed by atoms with Crippen LogP contribution >= 0.6 is 11.3 Å². The Morgan fingerprint density at radius 2 is 2.08 bits per heavy atom. The van der Waals surface area contributed by atoms with Crippen LogP contribution in [0.2, 0.25) is 0 Å². The second-order valence-electron chi connectivity index (χ2n) is 6.10. The van der Waals surface area contributed by atoms with Gasteiger partial charge in [-0.25, -0.2) is 4.98 Å². The Morgan fingerprint density at radius 1 is 1.32 bits per heavy atom. The average Bonchev–Trinajstić information content (AvgIpc) is 2.95. The number of thiazole rings is 1. The van der Waals surface area contributed by atoms with Gasteiger partial charge in [0.25, 0.3) is 5.91 Å². The van der Waals surface area contributed by atoms with Crippen LogP contribution in [-0.2, 0) is 11.2 Å². The quantitative estimate of drug-likeness (QED) is 0.654. The maximum absolute atomic E-state index is 12.3. The van der Waals surface area contributed by atoms with Crippen LogP contribution in [0.15, 0.2) is 24.3 Å². The lowest BCUT2D eigenvalue weighted by Crippen LogP contribution is -2.25. The van der Waals surface area contributed by atoms with Crippen LogP contribution in [0, 0.1) is 6.92 Å². The normalized spacial score (nSPS) is 10.9. The third kappa shape index (κ3) is 5.83. The molecule has 2 N–H and O–H groups in total. The Hall–Kier alpha value is -1.92. The van der Waals surface area contributed by atoms with Gasteiger partial charge in [-0.2, -0.15) is 0 Å². The lowest BCUT2D eigenvalue weighted by Gasteiger charge is -2.08. The molecule has 0 bridgehead atoms. The highest BCUT2D eigenvalue weighted by atomic mass is 32.1. The lowest BCUT2D eigenvalue weighted by molar-refractivity contribution is 0.0757. The van der Waals surface area contributed by atoms with E-state index in [4.69, 9.17) is 4.74 Å². The van der Waals surface area contributed by atoms with Gasteiger partial charge in [0.2, 0.25) is 0 Å². The van der Waals surface area contributed by atoms with Crippen LogP contribution in [0.5, 0.6) is 0 Å². The Balaban J connectivity index is 1.94. The van der Waals surface area contributed by atoms with E-state index in [1.807, 2.05) is 39.0 Å². The van der Waals surface area contributed by atoms with E-state index in [0.29, 0.717) is 18.0 Å². The molecule has 1 amide bonds. The standard InChI is InChI=1S/C19H27N3O2S/c1-5-15-9-6-7-10-16(15)22-19-21-14(4)17(25-19)18(23)20-11-8-12-24-13(2)3/h6-7,9-10,13H,5,8,11-12H2,1-4H3,(H,20,23)(H,21,22). The summed E-state index contributed by atoms with van der Waals surface area (Å²) in [5.41, 5.74) is 3.01. The minimum Gasteiger partial charge on any atom is -0.379 e. The number of carbonyl (C=O) groups is 1. The second kappa shape index (κ2) is 9.53. The summed E-state index contributed by atoms with van der Waals surface area (Å²) in [6.45, 7) is 9.25. The van der Waals surface area contributed by atoms with Crippen molar-refractivity contribution in [1.29, 1.82) is 0 Å². The SMILES string of the molecule is CCc1ccccc1Nc1nc(C)c(C(=O)NCCCOC(C)C)s1. The smallest absolute Gasteiger partial charge is 0.263 e. The van der Waals surface area contributed by atoms with Gasteiger partial charge in [-0.15, -0.1) is 0 Å². The van der Waals surface area contributed by atoms with Crippen molar-refractivity contribution in [2.24, 2.45) is 0 Å². The highest BCUT2D eigenvalue weighted by molar-refractivity contribution is 7.17. The summed E-state index contributed by atoms with van der Waals surface area (Å²) < 4.78 is 5.47. The predicted octanol–water partition coefficient (Wildman–Crippen LogP) is 4.30. The fraction of sp³-hybridized carbons (Fsp3) is 0.474. The Morgan fingerprint density at radius 3 is 2.80 bits per heavy atom. The zero-order valence-corrected chi connectivity index (χ0v) is 16.2. The van der Waals surface area contributed by atoms with Crippen LogP contribution in [0.4, 0.5) is 10.8 Å². The lowest BCUT2D eigenvalue weighted by atomic mass is 10.1. The number of carbonyl (C=O) groups excluding carboxylic acids is 1. The van der Waals surface area contributed by atoms with Crippen LogP contribution < -0.4 is 10.6 Å². The van der Waals surface area contributed by atoms with Gasteiger partial charge in [-0.1, -0.05) is 36.5 Å². The highest BCUT2D eigenvalue weighted by Crippen LogP contribution is 2.27. The van der Waals surface area contributed by atoms with Gasteiger partial charge in [0.15, 0.2) is 5.13 Å². The summed E-state index contributed by atoms with van der Waals surface area (Å²) >= 11 is 1.38. The zero-order chi connectivity index (χ0) is 18.2. The van der Waals surface area contributed by atoms with Crippen LogP contribution in [0.3, 0.4) is 0 Å². The Bertz CT molecular complexity index is 698. The molecule has 2 aromatic rings. The number of hydrogen-bond donors (Lipinski definition) is 2. The molecular weight excluding hydrogens is 334 g/mol. The van der Waals surface area contributed by atoms with Gasteiger partial charge < -0.3 is 15.4 Å². The number of ether oxygens (including phenoxy) is 1. The summed E-state index contributed by atoms with van der Waals surface area (Å²) in [6.07, 6.45) is 1.97. The van der Waals surface area contributed by atoms with Gasteiger partial charge in [-0.05, 0) is 45.2 Å². The first-order valence-corrected chi connectivity index (χ1v) is 9.55. The summed E-state index contributed by atoms with van der Waals surface area (Å²) in [6, 6.07) is 8.15. The molecular formula is C19H27N3O2S. The molecule has 5 nitrogen and oxygen atoms in total. The maximum Gasteiger partial charge on any atom is 0.263 e. The van der Waals surface area contributed by atoms with Crippen molar-refractivity contribution in [1.82, 2.24) is 10.3 Å². The summed E-state index contributed by atoms with van der Waals surface area (Å²) in [7, 11) is 0. The number of benzene rings is 1. The number of aromatic nitrogens is 1. The Kier molecular flexibility index (Phi) is 7.40. The number of hydrogen-bond acceptors (Lipinski definition) is 5. The number of nitrogens with zero attached hydrogens (tertiary/aromatic N) is 1. The van der Waals surface area contributed by atoms with Crippen molar-refractivity contribution in [3.05, 3.63) is 40.4 Å². The van der Waals surface area contributed by atoms with Crippen molar-refractivity contribution < 1.29 is 9.53 Å². The van der Waals surface area contributed by atoms with Gasteiger partial charge in [0, 0.05) is 18.8 Å². The summed E-state index contributed by atoms with van der Waals surface area (Å²) in [5.74, 6) is -0.0728. The number of nitrogens with one attached hydrogen (secondary N) is 2. The molecule has 2 rings (SSSR count). The van der Waals surface area contributed by atoms with Crippen LogP contribution in [-0.4, -0.2) is 30.1 Å². The predicted molar refractivity (Wildman–Crippen MR) is 104 cm³/mol. The fourth-order valence-corrected chi connectivity index (χ4v) is 3.29. The molecule has 0 unspecified atom stereocenters. The van der Waals surface area contributed by atoms with Gasteiger partial charge in [-0.3, -0.25) is 4.79 Å². The largest absolute Gasteiger partial charge is 0.379 e. The van der Waals surface area contributed by atoms with E-state index < -0.39 is 0 Å². The van der Waals surface area contributed by atoms with Crippen molar-refractivity contribution in [2.45, 2.75) is 46.6 Å². The molecule has 0 aliphatic rings. The zero-order valence-electron chi connectivity index (χ0n) is 15.4. The molecule has 1 aromatic heterocycles. The number of aryl methyl sites for hydroxylation is 2. The average molecular weight is 362 g/mol. The van der Waals surface area contributed by atoms with Crippen LogP contribution in [0.25, 0.3) is 0 Å². The first-order chi connectivity index (χ1) is 12.0. The summed E-state index contributed by atoms with van der Waals surface area (Å²) in [5, 5.41) is 7.02. The van der Waals surface area contributed by atoms with Gasteiger partial charge >= 0.3 is 0 Å². The van der Waals surface area contributed by atoms with E-state index in [1.54, 1.807) is 0 Å². The summed E-state index contributed by atoms with van der Waals surface area (Å²) in [4.78, 5) is 17.5. The van der Waals surface area contributed by atoms with Crippen molar-refractivity contribution in [3.8, 4) is 0 Å².